The van der Waals surface area contributed by atoms with Gasteiger partial charge in [-0.25, -0.2) is 9.97 Å². The summed E-state index contributed by atoms with van der Waals surface area (Å²) in [5, 5.41) is 12.9. The van der Waals surface area contributed by atoms with Crippen LogP contribution in [0.25, 0.3) is 0 Å². The Labute approximate surface area is 114 Å². The van der Waals surface area contributed by atoms with Crippen LogP contribution in [0.5, 0.6) is 0 Å². The van der Waals surface area contributed by atoms with Gasteiger partial charge in [-0.05, 0) is 25.7 Å². The van der Waals surface area contributed by atoms with Crippen LogP contribution in [0.4, 0.5) is 5.82 Å². The van der Waals surface area contributed by atoms with Gasteiger partial charge in [0.1, 0.15) is 12.1 Å². The van der Waals surface area contributed by atoms with Gasteiger partial charge in [-0.1, -0.05) is 25.7 Å². The van der Waals surface area contributed by atoms with E-state index in [-0.39, 0.29) is 6.10 Å². The molecule has 0 unspecified atom stereocenters. The summed E-state index contributed by atoms with van der Waals surface area (Å²) < 4.78 is 0. The average molecular weight is 261 g/mol. The van der Waals surface area contributed by atoms with Gasteiger partial charge in [0.05, 0.1) is 6.10 Å². The van der Waals surface area contributed by atoms with E-state index >= 15 is 0 Å². The van der Waals surface area contributed by atoms with Crippen molar-refractivity contribution in [1.29, 1.82) is 0 Å². The summed E-state index contributed by atoms with van der Waals surface area (Å²) in [6.07, 6.45) is 11.1. The van der Waals surface area contributed by atoms with Gasteiger partial charge in [0.25, 0.3) is 0 Å². The van der Waals surface area contributed by atoms with Crippen molar-refractivity contribution < 1.29 is 5.11 Å². The fraction of sp³-hybridized carbons (Fsp3) is 0.733. The molecule has 2 aliphatic rings. The molecule has 104 valence electrons. The molecule has 0 aromatic carbocycles. The summed E-state index contributed by atoms with van der Waals surface area (Å²) in [5.41, 5.74) is 1.08. The predicted octanol–water partition coefficient (Wildman–Crippen LogP) is 2.85. The standard InChI is InChI=1S/C15H23N3O/c19-13-7-11(8-13)14-9-15(17-10-16-14)18-12-5-3-1-2-4-6-12/h9-13,19H,1-8H2,(H,16,17,18). The summed E-state index contributed by atoms with van der Waals surface area (Å²) in [4.78, 5) is 8.68. The molecule has 2 N–H and O–H groups in total. The summed E-state index contributed by atoms with van der Waals surface area (Å²) in [7, 11) is 0. The van der Waals surface area contributed by atoms with E-state index in [4.69, 9.17) is 0 Å². The van der Waals surface area contributed by atoms with E-state index in [1.54, 1.807) is 6.33 Å². The van der Waals surface area contributed by atoms with E-state index in [0.29, 0.717) is 12.0 Å². The molecule has 19 heavy (non-hydrogen) atoms. The fourth-order valence-corrected chi connectivity index (χ4v) is 3.14. The second-order valence-electron chi connectivity index (χ2n) is 5.98. The predicted molar refractivity (Wildman–Crippen MR) is 75.1 cm³/mol. The number of hydrogen-bond acceptors (Lipinski definition) is 4. The Bertz CT molecular complexity index is 410. The molecule has 2 aliphatic carbocycles. The SMILES string of the molecule is OC1CC(c2cc(NC3CCCCCC3)ncn2)C1. The topological polar surface area (TPSA) is 58.0 Å². The maximum atomic E-state index is 9.38. The normalized spacial score (nSPS) is 28.5. The molecule has 0 spiro atoms. The second kappa shape index (κ2) is 5.87. The molecule has 1 aromatic heterocycles. The van der Waals surface area contributed by atoms with E-state index in [2.05, 4.69) is 21.4 Å². The highest BCUT2D eigenvalue weighted by Crippen LogP contribution is 2.36. The van der Waals surface area contributed by atoms with E-state index in [9.17, 15) is 5.11 Å². The number of aromatic nitrogens is 2. The number of aliphatic hydroxyl groups excluding tert-OH is 1. The van der Waals surface area contributed by atoms with Gasteiger partial charge in [-0.3, -0.25) is 0 Å². The maximum Gasteiger partial charge on any atom is 0.129 e. The van der Waals surface area contributed by atoms with E-state index in [1.807, 2.05) is 0 Å². The lowest BCUT2D eigenvalue weighted by atomic mass is 9.80. The largest absolute Gasteiger partial charge is 0.393 e. The molecular weight excluding hydrogens is 238 g/mol. The summed E-state index contributed by atoms with van der Waals surface area (Å²) >= 11 is 0. The summed E-state index contributed by atoms with van der Waals surface area (Å²) in [6, 6.07) is 2.64. The number of anilines is 1. The Kier molecular flexibility index (Phi) is 3.97. The molecule has 1 aromatic rings. The molecule has 0 aliphatic heterocycles. The molecule has 2 fully saturated rings. The summed E-state index contributed by atoms with van der Waals surface area (Å²) in [6.45, 7) is 0. The van der Waals surface area contributed by atoms with Crippen LogP contribution in [0.2, 0.25) is 0 Å². The third-order valence-corrected chi connectivity index (χ3v) is 4.43. The van der Waals surface area contributed by atoms with Crippen LogP contribution >= 0.6 is 0 Å². The van der Waals surface area contributed by atoms with Crippen molar-refractivity contribution in [2.45, 2.75) is 69.4 Å². The molecular formula is C15H23N3O. The first-order valence-electron chi connectivity index (χ1n) is 7.58. The first-order valence-corrected chi connectivity index (χ1v) is 7.58. The zero-order chi connectivity index (χ0) is 13.1. The lowest BCUT2D eigenvalue weighted by molar-refractivity contribution is 0.0732. The lowest BCUT2D eigenvalue weighted by Gasteiger charge is -2.31. The molecule has 0 bridgehead atoms. The molecule has 0 amide bonds. The van der Waals surface area contributed by atoms with E-state index in [1.165, 1.54) is 38.5 Å². The highest BCUT2D eigenvalue weighted by Gasteiger charge is 2.29. The minimum absolute atomic E-state index is 0.127. The molecule has 4 heteroatoms. The minimum atomic E-state index is -0.127. The molecule has 2 saturated carbocycles. The van der Waals surface area contributed by atoms with Gasteiger partial charge >= 0.3 is 0 Å². The van der Waals surface area contributed by atoms with Crippen molar-refractivity contribution in [3.05, 3.63) is 18.1 Å². The number of hydrogen-bond donors (Lipinski definition) is 2. The third kappa shape index (κ3) is 3.24. The molecule has 3 rings (SSSR count). The summed E-state index contributed by atoms with van der Waals surface area (Å²) in [5.74, 6) is 1.38. The van der Waals surface area contributed by atoms with Crippen LogP contribution in [-0.2, 0) is 0 Å². The fourth-order valence-electron chi connectivity index (χ4n) is 3.14. The van der Waals surface area contributed by atoms with Crippen molar-refractivity contribution in [2.24, 2.45) is 0 Å². The van der Waals surface area contributed by atoms with Gasteiger partial charge in [0.15, 0.2) is 0 Å². The first kappa shape index (κ1) is 12.9. The highest BCUT2D eigenvalue weighted by molar-refractivity contribution is 5.37. The molecule has 0 atom stereocenters. The molecule has 0 saturated heterocycles. The Balaban J connectivity index is 1.62. The smallest absolute Gasteiger partial charge is 0.129 e. The third-order valence-electron chi connectivity index (χ3n) is 4.43. The Hall–Kier alpha value is -1.16. The molecule has 0 radical (unpaired) electrons. The van der Waals surface area contributed by atoms with Crippen molar-refractivity contribution in [1.82, 2.24) is 9.97 Å². The number of rotatable bonds is 3. The molecule has 1 heterocycles. The Morgan fingerprint density at radius 1 is 1.05 bits per heavy atom. The van der Waals surface area contributed by atoms with Crippen molar-refractivity contribution in [3.63, 3.8) is 0 Å². The van der Waals surface area contributed by atoms with Gasteiger partial charge in [0, 0.05) is 23.7 Å². The number of nitrogens with one attached hydrogen (secondary N) is 1. The van der Waals surface area contributed by atoms with Crippen molar-refractivity contribution in [3.8, 4) is 0 Å². The number of aliphatic hydroxyl groups is 1. The zero-order valence-corrected chi connectivity index (χ0v) is 11.4. The van der Waals surface area contributed by atoms with Crippen LogP contribution in [0.15, 0.2) is 12.4 Å². The molecule has 4 nitrogen and oxygen atoms in total. The van der Waals surface area contributed by atoms with Gasteiger partial charge in [-0.15, -0.1) is 0 Å². The maximum absolute atomic E-state index is 9.38. The minimum Gasteiger partial charge on any atom is -0.393 e. The van der Waals surface area contributed by atoms with Crippen LogP contribution in [0.1, 0.15) is 63.0 Å². The quantitative estimate of drug-likeness (QED) is 0.821. The first-order chi connectivity index (χ1) is 9.31. The van der Waals surface area contributed by atoms with Gasteiger partial charge in [0.2, 0.25) is 0 Å². The number of nitrogens with zero attached hydrogens (tertiary/aromatic N) is 2. The monoisotopic (exact) mass is 261 g/mol. The Morgan fingerprint density at radius 3 is 2.47 bits per heavy atom. The van der Waals surface area contributed by atoms with Crippen molar-refractivity contribution in [2.75, 3.05) is 5.32 Å². The van der Waals surface area contributed by atoms with E-state index in [0.717, 1.165) is 24.4 Å². The van der Waals surface area contributed by atoms with Gasteiger partial charge in [-0.2, -0.15) is 0 Å². The average Bonchev–Trinajstić information content (AvgIpc) is 2.64. The van der Waals surface area contributed by atoms with Crippen LogP contribution in [0.3, 0.4) is 0 Å². The van der Waals surface area contributed by atoms with Gasteiger partial charge < -0.3 is 10.4 Å². The van der Waals surface area contributed by atoms with Crippen LogP contribution < -0.4 is 5.32 Å². The second-order valence-corrected chi connectivity index (χ2v) is 5.98. The van der Waals surface area contributed by atoms with Crippen LogP contribution in [0, 0.1) is 0 Å². The van der Waals surface area contributed by atoms with Crippen LogP contribution in [-0.4, -0.2) is 27.2 Å². The van der Waals surface area contributed by atoms with E-state index < -0.39 is 0 Å². The highest BCUT2D eigenvalue weighted by atomic mass is 16.3. The zero-order valence-electron chi connectivity index (χ0n) is 11.4. The van der Waals surface area contributed by atoms with Crippen molar-refractivity contribution >= 4 is 5.82 Å². The Morgan fingerprint density at radius 2 is 1.79 bits per heavy atom. The lowest BCUT2D eigenvalue weighted by Crippen LogP contribution is -2.27.